The van der Waals surface area contributed by atoms with Crippen LogP contribution in [0.15, 0.2) is 48.5 Å². The summed E-state index contributed by atoms with van der Waals surface area (Å²) in [6.45, 7) is 0.320. The quantitative estimate of drug-likeness (QED) is 0.289. The van der Waals surface area contributed by atoms with Gasteiger partial charge in [0, 0.05) is 30.7 Å². The summed E-state index contributed by atoms with van der Waals surface area (Å²) < 4.78 is 9.93. The number of carbonyl (C=O) groups excluding carboxylic acids is 3. The Hall–Kier alpha value is -4.63. The average Bonchev–Trinajstić information content (AvgIpc) is 3.17. The molecule has 3 N–H and O–H groups in total. The Balaban J connectivity index is 1.73. The molecule has 3 rings (SSSR count). The molecule has 4 amide bonds. The van der Waals surface area contributed by atoms with Gasteiger partial charge in [0.1, 0.15) is 31.9 Å². The predicted octanol–water partition coefficient (Wildman–Crippen LogP) is 2.78. The van der Waals surface area contributed by atoms with Gasteiger partial charge in [-0.25, -0.2) is 9.59 Å². The standard InChI is InChI=1S/C23H25N5O10/c1-15-10-20(29)11-28(15,23(32)38-13-17-4-8-19(9-5-17)27(35)36)14-25(21(24)30)22(31)37-12-16-2-6-18(7-3-16)26(33)34/h2-9,15,20,29H,10-14H2,1H3,(H-,24,30)/p+1/t15-,20+,28?/m0/s1. The van der Waals surface area contributed by atoms with Crippen LogP contribution in [-0.2, 0) is 22.7 Å². The first-order valence-electron chi connectivity index (χ1n) is 11.4. The second kappa shape index (κ2) is 11.6. The molecule has 0 spiro atoms. The molecular weight excluding hydrogens is 506 g/mol. The number of primary amides is 1. The van der Waals surface area contributed by atoms with Crippen LogP contribution in [0.3, 0.4) is 0 Å². The summed E-state index contributed by atoms with van der Waals surface area (Å²) in [6, 6.07) is 8.79. The van der Waals surface area contributed by atoms with Crippen molar-refractivity contribution in [2.75, 3.05) is 13.2 Å². The van der Waals surface area contributed by atoms with Crippen LogP contribution in [-0.4, -0.2) is 67.9 Å². The second-order valence-electron chi connectivity index (χ2n) is 8.82. The Morgan fingerprint density at radius 3 is 1.84 bits per heavy atom. The number of aliphatic hydroxyl groups excluding tert-OH is 1. The van der Waals surface area contributed by atoms with Gasteiger partial charge in [-0.3, -0.25) is 20.2 Å². The molecule has 38 heavy (non-hydrogen) atoms. The van der Waals surface area contributed by atoms with Crippen molar-refractivity contribution >= 4 is 29.6 Å². The van der Waals surface area contributed by atoms with Gasteiger partial charge in [-0.05, 0) is 42.3 Å². The summed E-state index contributed by atoms with van der Waals surface area (Å²) in [7, 11) is 0. The minimum Gasteiger partial charge on any atom is -0.444 e. The number of nitrogens with zero attached hydrogens (tertiary/aromatic N) is 4. The van der Waals surface area contributed by atoms with Gasteiger partial charge in [-0.15, -0.1) is 0 Å². The summed E-state index contributed by atoms with van der Waals surface area (Å²) in [5.41, 5.74) is 5.99. The molecule has 0 saturated carbocycles. The summed E-state index contributed by atoms with van der Waals surface area (Å²) >= 11 is 0. The molecule has 15 heteroatoms. The maximum absolute atomic E-state index is 13.3. The highest BCUT2D eigenvalue weighted by Gasteiger charge is 2.54. The molecule has 1 aliphatic rings. The molecule has 0 aromatic heterocycles. The molecule has 0 aliphatic carbocycles. The lowest BCUT2D eigenvalue weighted by molar-refractivity contribution is -0.876. The topological polar surface area (TPSA) is 205 Å². The van der Waals surface area contributed by atoms with Gasteiger partial charge >= 0.3 is 18.2 Å². The number of nitrogens with two attached hydrogens (primary N) is 1. The van der Waals surface area contributed by atoms with Crippen molar-refractivity contribution < 1.29 is 43.3 Å². The minimum atomic E-state index is -1.20. The number of nitro groups is 2. The van der Waals surface area contributed by atoms with Gasteiger partial charge in [0.25, 0.3) is 11.4 Å². The summed E-state index contributed by atoms with van der Waals surface area (Å²) in [6.07, 6.45) is -2.76. The first kappa shape index (κ1) is 27.9. The van der Waals surface area contributed by atoms with E-state index in [9.17, 15) is 39.7 Å². The van der Waals surface area contributed by atoms with Gasteiger partial charge in [0.05, 0.1) is 9.85 Å². The minimum absolute atomic E-state index is 0.135. The van der Waals surface area contributed by atoms with Crippen molar-refractivity contribution in [1.82, 2.24) is 4.90 Å². The number of aliphatic hydroxyl groups is 1. The zero-order valence-electron chi connectivity index (χ0n) is 20.3. The fraction of sp³-hybridized carbons (Fsp3) is 0.348. The first-order valence-corrected chi connectivity index (χ1v) is 11.4. The third kappa shape index (κ3) is 6.37. The van der Waals surface area contributed by atoms with E-state index in [4.69, 9.17) is 15.2 Å². The van der Waals surface area contributed by atoms with Gasteiger partial charge in [-0.1, -0.05) is 0 Å². The Bertz CT molecular complexity index is 1220. The van der Waals surface area contributed by atoms with E-state index >= 15 is 0 Å². The number of hydrogen-bond acceptors (Lipinski definition) is 10. The third-order valence-corrected chi connectivity index (χ3v) is 6.26. The summed E-state index contributed by atoms with van der Waals surface area (Å²) in [5, 5.41) is 31.9. The van der Waals surface area contributed by atoms with Crippen molar-refractivity contribution in [1.29, 1.82) is 0 Å². The number of carbonyl (C=O) groups is 3. The average molecular weight is 532 g/mol. The molecule has 202 valence electrons. The molecule has 0 radical (unpaired) electrons. The number of nitro benzene ring substituents is 2. The van der Waals surface area contributed by atoms with E-state index in [-0.39, 0.29) is 37.6 Å². The van der Waals surface area contributed by atoms with E-state index in [1.807, 2.05) is 0 Å². The van der Waals surface area contributed by atoms with E-state index in [0.29, 0.717) is 16.0 Å². The van der Waals surface area contributed by atoms with E-state index in [1.165, 1.54) is 48.5 Å². The number of ether oxygens (including phenoxy) is 2. The number of rotatable bonds is 8. The van der Waals surface area contributed by atoms with Crippen LogP contribution in [0, 0.1) is 20.2 Å². The number of non-ortho nitro benzene ring substituents is 2. The fourth-order valence-corrected chi connectivity index (χ4v) is 4.13. The maximum Gasteiger partial charge on any atom is 0.518 e. The Morgan fingerprint density at radius 1 is 0.974 bits per heavy atom. The number of quaternary nitrogens is 1. The van der Waals surface area contributed by atoms with Crippen molar-refractivity contribution in [2.45, 2.75) is 38.7 Å². The molecular formula is C23H26N5O10+. The zero-order valence-corrected chi connectivity index (χ0v) is 20.3. The number of amides is 4. The van der Waals surface area contributed by atoms with Crippen LogP contribution in [0.1, 0.15) is 24.5 Å². The third-order valence-electron chi connectivity index (χ3n) is 6.26. The molecule has 0 bridgehead atoms. The molecule has 15 nitrogen and oxygen atoms in total. The van der Waals surface area contributed by atoms with Crippen molar-refractivity contribution in [2.24, 2.45) is 5.73 Å². The Labute approximate surface area is 215 Å². The smallest absolute Gasteiger partial charge is 0.444 e. The van der Waals surface area contributed by atoms with Gasteiger partial charge < -0.3 is 20.3 Å². The number of benzene rings is 2. The molecule has 1 saturated heterocycles. The highest BCUT2D eigenvalue weighted by molar-refractivity contribution is 5.89. The van der Waals surface area contributed by atoms with Crippen LogP contribution < -0.4 is 5.73 Å². The molecule has 1 heterocycles. The Kier molecular flexibility index (Phi) is 8.54. The van der Waals surface area contributed by atoms with Crippen LogP contribution in [0.2, 0.25) is 0 Å². The van der Waals surface area contributed by atoms with Crippen LogP contribution in [0.5, 0.6) is 0 Å². The van der Waals surface area contributed by atoms with Crippen LogP contribution >= 0.6 is 0 Å². The zero-order chi connectivity index (χ0) is 28.0. The van der Waals surface area contributed by atoms with E-state index < -0.39 is 51.4 Å². The lowest BCUT2D eigenvalue weighted by atomic mass is 10.2. The highest BCUT2D eigenvalue weighted by atomic mass is 16.6. The molecule has 2 aromatic carbocycles. The lowest BCUT2D eigenvalue weighted by Crippen LogP contribution is -2.63. The number of imide groups is 1. The lowest BCUT2D eigenvalue weighted by Gasteiger charge is -2.36. The predicted molar refractivity (Wildman–Crippen MR) is 128 cm³/mol. The highest BCUT2D eigenvalue weighted by Crippen LogP contribution is 2.30. The van der Waals surface area contributed by atoms with E-state index in [1.54, 1.807) is 6.92 Å². The maximum atomic E-state index is 13.3. The monoisotopic (exact) mass is 532 g/mol. The first-order chi connectivity index (χ1) is 17.9. The van der Waals surface area contributed by atoms with E-state index in [2.05, 4.69) is 0 Å². The molecule has 2 aromatic rings. The van der Waals surface area contributed by atoms with Gasteiger partial charge in [-0.2, -0.15) is 14.2 Å². The Morgan fingerprint density at radius 2 is 1.45 bits per heavy atom. The second-order valence-corrected chi connectivity index (χ2v) is 8.82. The van der Waals surface area contributed by atoms with Gasteiger partial charge in [0.2, 0.25) is 0 Å². The van der Waals surface area contributed by atoms with Crippen molar-refractivity contribution in [3.63, 3.8) is 0 Å². The van der Waals surface area contributed by atoms with Crippen LogP contribution in [0.4, 0.5) is 25.8 Å². The SMILES string of the molecule is C[C@H]1C[C@@H](O)C[N+]1(CN(C(N)=O)C(=O)OCc1ccc([N+](=O)[O-])cc1)C(=O)OCc1ccc([N+](=O)[O-])cc1. The molecule has 1 unspecified atom stereocenters. The van der Waals surface area contributed by atoms with E-state index in [0.717, 1.165) is 0 Å². The summed E-state index contributed by atoms with van der Waals surface area (Å²) in [5.74, 6) is 0. The summed E-state index contributed by atoms with van der Waals surface area (Å²) in [4.78, 5) is 59.2. The normalized spacial score (nSPS) is 20.4. The van der Waals surface area contributed by atoms with Crippen molar-refractivity contribution in [3.05, 3.63) is 79.9 Å². The van der Waals surface area contributed by atoms with Crippen molar-refractivity contribution in [3.8, 4) is 0 Å². The molecule has 1 fully saturated rings. The molecule has 3 atom stereocenters. The molecule has 1 aliphatic heterocycles. The van der Waals surface area contributed by atoms with Gasteiger partial charge in [0.15, 0.2) is 6.67 Å². The number of hydrogen-bond donors (Lipinski definition) is 2. The fourth-order valence-electron chi connectivity index (χ4n) is 4.13. The largest absolute Gasteiger partial charge is 0.518 e. The number of urea groups is 1. The number of likely N-dealkylation sites (tertiary alicyclic amines) is 1. The van der Waals surface area contributed by atoms with Crippen LogP contribution in [0.25, 0.3) is 0 Å².